The Morgan fingerprint density at radius 2 is 2.11 bits per heavy atom. The summed E-state index contributed by atoms with van der Waals surface area (Å²) < 4.78 is 0. The number of anilines is 1. The van der Waals surface area contributed by atoms with Gasteiger partial charge in [-0.15, -0.1) is 0 Å². The van der Waals surface area contributed by atoms with Crippen LogP contribution in [0.3, 0.4) is 0 Å². The first-order valence-corrected chi connectivity index (χ1v) is 5.83. The van der Waals surface area contributed by atoms with Gasteiger partial charge in [0.2, 0.25) is 5.95 Å². The lowest BCUT2D eigenvalue weighted by Gasteiger charge is -2.15. The molecule has 2 heterocycles. The van der Waals surface area contributed by atoms with Gasteiger partial charge in [-0.3, -0.25) is 4.79 Å². The van der Waals surface area contributed by atoms with Crippen LogP contribution in [0.5, 0.6) is 0 Å². The number of carbonyl (C=O) groups excluding carboxylic acids is 1. The highest BCUT2D eigenvalue weighted by Gasteiger charge is 2.06. The predicted molar refractivity (Wildman–Crippen MR) is 70.4 cm³/mol. The van der Waals surface area contributed by atoms with Crippen LogP contribution in [0, 0.1) is 0 Å². The number of nitrogens with zero attached hydrogens (tertiary/aromatic N) is 3. The van der Waals surface area contributed by atoms with Gasteiger partial charge >= 0.3 is 0 Å². The van der Waals surface area contributed by atoms with E-state index in [-0.39, 0.29) is 5.78 Å². The number of H-pyrrole nitrogens is 1. The van der Waals surface area contributed by atoms with Crippen molar-refractivity contribution in [1.82, 2.24) is 15.0 Å². The molecule has 1 N–H and O–H groups in total. The van der Waals surface area contributed by atoms with Crippen molar-refractivity contribution >= 4 is 11.7 Å². The van der Waals surface area contributed by atoms with E-state index in [1.165, 1.54) is 0 Å². The maximum absolute atomic E-state index is 10.9. The normalized spacial score (nSPS) is 10.3. The first-order chi connectivity index (χ1) is 8.66. The minimum absolute atomic E-state index is 0.171. The number of Topliss-reactive ketones (excluding diaryl/α,β-unsaturated/α-hetero) is 1. The van der Waals surface area contributed by atoms with Crippen molar-refractivity contribution in [3.63, 3.8) is 0 Å². The van der Waals surface area contributed by atoms with Crippen molar-refractivity contribution in [2.75, 3.05) is 18.5 Å². The third kappa shape index (κ3) is 2.94. The van der Waals surface area contributed by atoms with Crippen LogP contribution in [0.25, 0.3) is 11.3 Å². The molecule has 5 heteroatoms. The van der Waals surface area contributed by atoms with Gasteiger partial charge in [-0.2, -0.15) is 0 Å². The molecule has 2 aromatic heterocycles. The van der Waals surface area contributed by atoms with E-state index in [1.807, 2.05) is 30.3 Å². The zero-order valence-corrected chi connectivity index (χ0v) is 10.6. The Labute approximate surface area is 106 Å². The monoisotopic (exact) mass is 244 g/mol. The molecule has 0 aliphatic heterocycles. The van der Waals surface area contributed by atoms with Gasteiger partial charge in [-0.25, -0.2) is 9.97 Å². The van der Waals surface area contributed by atoms with Crippen LogP contribution in [0.2, 0.25) is 0 Å². The fourth-order valence-corrected chi connectivity index (χ4v) is 1.59. The molecular formula is C13H16N4O. The molecule has 0 aliphatic carbocycles. The van der Waals surface area contributed by atoms with Gasteiger partial charge in [0, 0.05) is 49.9 Å². The van der Waals surface area contributed by atoms with Crippen LogP contribution < -0.4 is 4.90 Å². The zero-order valence-electron chi connectivity index (χ0n) is 10.6. The average Bonchev–Trinajstić information content (AvgIpc) is 2.90. The summed E-state index contributed by atoms with van der Waals surface area (Å²) in [4.78, 5) is 24.5. The van der Waals surface area contributed by atoms with Gasteiger partial charge in [0.15, 0.2) is 0 Å². The Morgan fingerprint density at radius 3 is 2.67 bits per heavy atom. The molecule has 0 saturated carbocycles. The largest absolute Gasteiger partial charge is 0.361 e. The Hall–Kier alpha value is -2.17. The number of rotatable bonds is 5. The number of hydrogen-bond acceptors (Lipinski definition) is 4. The highest BCUT2D eigenvalue weighted by Crippen LogP contribution is 2.16. The van der Waals surface area contributed by atoms with E-state index in [1.54, 1.807) is 19.3 Å². The molecule has 0 atom stereocenters. The maximum Gasteiger partial charge on any atom is 0.225 e. The molecule has 0 spiro atoms. The summed E-state index contributed by atoms with van der Waals surface area (Å²) in [5.41, 5.74) is 1.94. The highest BCUT2D eigenvalue weighted by atomic mass is 16.1. The van der Waals surface area contributed by atoms with Gasteiger partial charge in [0.1, 0.15) is 5.78 Å². The fraction of sp³-hybridized carbons (Fsp3) is 0.308. The number of ketones is 1. The maximum atomic E-state index is 10.9. The standard InChI is InChI=1S/C13H16N4O/c1-10(18)5-7-17(2)13-15-8-11(9-16-13)12-4-3-6-14-12/h3-4,6,8-9,14H,5,7H2,1-2H3. The van der Waals surface area contributed by atoms with Gasteiger partial charge in [-0.05, 0) is 19.1 Å². The summed E-state index contributed by atoms with van der Waals surface area (Å²) >= 11 is 0. The second kappa shape index (κ2) is 5.44. The lowest BCUT2D eigenvalue weighted by Crippen LogP contribution is -2.22. The molecule has 0 unspecified atom stereocenters. The van der Waals surface area contributed by atoms with E-state index in [0.29, 0.717) is 18.9 Å². The number of aromatic amines is 1. The van der Waals surface area contributed by atoms with Crippen LogP contribution in [-0.4, -0.2) is 34.3 Å². The molecule has 0 aliphatic rings. The van der Waals surface area contributed by atoms with E-state index >= 15 is 0 Å². The lowest BCUT2D eigenvalue weighted by atomic mass is 10.2. The van der Waals surface area contributed by atoms with Crippen LogP contribution in [0.15, 0.2) is 30.7 Å². The first kappa shape index (κ1) is 12.3. The Morgan fingerprint density at radius 1 is 1.39 bits per heavy atom. The van der Waals surface area contributed by atoms with E-state index in [4.69, 9.17) is 0 Å². The topological polar surface area (TPSA) is 61.9 Å². The second-order valence-corrected chi connectivity index (χ2v) is 4.23. The quantitative estimate of drug-likeness (QED) is 0.872. The van der Waals surface area contributed by atoms with E-state index in [2.05, 4.69) is 15.0 Å². The smallest absolute Gasteiger partial charge is 0.225 e. The molecule has 94 valence electrons. The van der Waals surface area contributed by atoms with Gasteiger partial charge < -0.3 is 9.88 Å². The van der Waals surface area contributed by atoms with Crippen LogP contribution >= 0.6 is 0 Å². The molecule has 0 aromatic carbocycles. The summed E-state index contributed by atoms with van der Waals surface area (Å²) in [6.07, 6.45) is 5.93. The lowest BCUT2D eigenvalue weighted by molar-refractivity contribution is -0.116. The zero-order chi connectivity index (χ0) is 13.0. The molecule has 18 heavy (non-hydrogen) atoms. The Kier molecular flexibility index (Phi) is 3.72. The molecular weight excluding hydrogens is 228 g/mol. The van der Waals surface area contributed by atoms with Crippen molar-refractivity contribution in [3.8, 4) is 11.3 Å². The summed E-state index contributed by atoms with van der Waals surface area (Å²) in [5.74, 6) is 0.802. The first-order valence-electron chi connectivity index (χ1n) is 5.83. The van der Waals surface area contributed by atoms with Gasteiger partial charge in [-0.1, -0.05) is 0 Å². The minimum atomic E-state index is 0.171. The second-order valence-electron chi connectivity index (χ2n) is 4.23. The third-order valence-corrected chi connectivity index (χ3v) is 2.69. The number of aromatic nitrogens is 3. The summed E-state index contributed by atoms with van der Waals surface area (Å²) in [7, 11) is 1.88. The van der Waals surface area contributed by atoms with E-state index in [0.717, 1.165) is 11.3 Å². The molecule has 2 aromatic rings. The predicted octanol–water partition coefficient (Wildman–Crippen LogP) is 1.89. The fourth-order valence-electron chi connectivity index (χ4n) is 1.59. The van der Waals surface area contributed by atoms with Crippen molar-refractivity contribution in [3.05, 3.63) is 30.7 Å². The third-order valence-electron chi connectivity index (χ3n) is 2.69. The molecule has 0 fully saturated rings. The van der Waals surface area contributed by atoms with Crippen molar-refractivity contribution in [1.29, 1.82) is 0 Å². The summed E-state index contributed by atoms with van der Waals surface area (Å²) in [5, 5.41) is 0. The molecule has 5 nitrogen and oxygen atoms in total. The Balaban J connectivity index is 2.05. The van der Waals surface area contributed by atoms with Crippen molar-refractivity contribution in [2.24, 2.45) is 0 Å². The highest BCUT2D eigenvalue weighted by molar-refractivity contribution is 5.76. The van der Waals surface area contributed by atoms with E-state index < -0.39 is 0 Å². The van der Waals surface area contributed by atoms with Crippen molar-refractivity contribution < 1.29 is 4.79 Å². The number of carbonyl (C=O) groups is 1. The number of nitrogens with one attached hydrogen (secondary N) is 1. The van der Waals surface area contributed by atoms with Gasteiger partial charge in [0.05, 0.1) is 0 Å². The average molecular weight is 244 g/mol. The van der Waals surface area contributed by atoms with Crippen LogP contribution in [-0.2, 0) is 4.79 Å². The molecule has 0 saturated heterocycles. The summed E-state index contributed by atoms with van der Waals surface area (Å²) in [6, 6.07) is 3.90. The summed E-state index contributed by atoms with van der Waals surface area (Å²) in [6.45, 7) is 2.22. The molecule has 2 rings (SSSR count). The molecule has 0 amide bonds. The molecule has 0 radical (unpaired) electrons. The van der Waals surface area contributed by atoms with Crippen LogP contribution in [0.4, 0.5) is 5.95 Å². The minimum Gasteiger partial charge on any atom is -0.361 e. The Bertz CT molecular complexity index is 504. The SMILES string of the molecule is CC(=O)CCN(C)c1ncc(-c2ccc[nH]2)cn1. The number of hydrogen-bond donors (Lipinski definition) is 1. The van der Waals surface area contributed by atoms with Gasteiger partial charge in [0.25, 0.3) is 0 Å². The molecule has 0 bridgehead atoms. The van der Waals surface area contributed by atoms with E-state index in [9.17, 15) is 4.79 Å². The van der Waals surface area contributed by atoms with Crippen LogP contribution in [0.1, 0.15) is 13.3 Å². The van der Waals surface area contributed by atoms with Crippen molar-refractivity contribution in [2.45, 2.75) is 13.3 Å².